The monoisotopic (exact) mass is 284 g/mol. The topological polar surface area (TPSA) is 78.4 Å². The van der Waals surface area contributed by atoms with Crippen molar-refractivity contribution in [3.05, 3.63) is 35.4 Å². The number of hydrogen-bond acceptors (Lipinski definition) is 3. The predicted octanol–water partition coefficient (Wildman–Crippen LogP) is 0.714. The number of carboxylic acids is 1. The van der Waals surface area contributed by atoms with Gasteiger partial charge in [-0.1, -0.05) is 24.3 Å². The van der Waals surface area contributed by atoms with E-state index in [1.807, 2.05) is 24.3 Å². The minimum Gasteiger partial charge on any atom is -0.481 e. The fraction of sp³-hybridized carbons (Fsp3) is 0.385. The molecule has 0 aliphatic carbocycles. The van der Waals surface area contributed by atoms with Crippen LogP contribution in [0.25, 0.3) is 0 Å². The molecule has 2 rings (SSSR count). The van der Waals surface area contributed by atoms with Crippen LogP contribution in [0, 0.1) is 0 Å². The Morgan fingerprint density at radius 2 is 2.00 bits per heavy atom. The number of nitrogens with one attached hydrogen (secondary N) is 2. The van der Waals surface area contributed by atoms with Crippen molar-refractivity contribution in [1.29, 1.82) is 0 Å². The molecule has 104 valence electrons. The molecule has 0 spiro atoms. The summed E-state index contributed by atoms with van der Waals surface area (Å²) >= 11 is 0. The van der Waals surface area contributed by atoms with Crippen molar-refractivity contribution in [1.82, 2.24) is 10.6 Å². The quantitative estimate of drug-likeness (QED) is 0.761. The summed E-state index contributed by atoms with van der Waals surface area (Å²) in [6.45, 7) is 0.848. The van der Waals surface area contributed by atoms with E-state index in [9.17, 15) is 9.59 Å². The second-order valence-electron chi connectivity index (χ2n) is 4.34. The van der Waals surface area contributed by atoms with Crippen LogP contribution in [0.3, 0.4) is 0 Å². The lowest BCUT2D eigenvalue weighted by Crippen LogP contribution is -2.48. The standard InChI is InChI=1S/C13H16N2O3.ClH/c16-12(17)5-6-14-13(18)11-7-9-3-1-2-4-10(9)8-15-11;/h1-4,11,15H,5-8H2,(H,14,18)(H,16,17);1H/t11-;/m0./s1. The van der Waals surface area contributed by atoms with E-state index in [0.717, 1.165) is 0 Å². The van der Waals surface area contributed by atoms with E-state index in [1.54, 1.807) is 0 Å². The van der Waals surface area contributed by atoms with Crippen LogP contribution in [0.2, 0.25) is 0 Å². The van der Waals surface area contributed by atoms with Crippen molar-refractivity contribution >= 4 is 24.3 Å². The predicted molar refractivity (Wildman–Crippen MR) is 73.3 cm³/mol. The Balaban J connectivity index is 0.00000180. The summed E-state index contributed by atoms with van der Waals surface area (Å²) in [6, 6.07) is 7.74. The van der Waals surface area contributed by atoms with Gasteiger partial charge in [0.25, 0.3) is 0 Å². The molecule has 5 nitrogen and oxygen atoms in total. The van der Waals surface area contributed by atoms with Crippen molar-refractivity contribution in [3.8, 4) is 0 Å². The number of benzene rings is 1. The number of fused-ring (bicyclic) bond motifs is 1. The summed E-state index contributed by atoms with van der Waals surface area (Å²) in [5.41, 5.74) is 2.39. The zero-order chi connectivity index (χ0) is 13.0. The zero-order valence-corrected chi connectivity index (χ0v) is 11.2. The van der Waals surface area contributed by atoms with Gasteiger partial charge in [-0.3, -0.25) is 9.59 Å². The van der Waals surface area contributed by atoms with E-state index in [0.29, 0.717) is 13.0 Å². The van der Waals surface area contributed by atoms with Crippen LogP contribution < -0.4 is 10.6 Å². The number of carboxylic acid groups (broad SMARTS) is 1. The molecule has 0 unspecified atom stereocenters. The van der Waals surface area contributed by atoms with Crippen LogP contribution in [0.4, 0.5) is 0 Å². The highest BCUT2D eigenvalue weighted by atomic mass is 35.5. The lowest BCUT2D eigenvalue weighted by Gasteiger charge is -2.25. The maximum Gasteiger partial charge on any atom is 0.305 e. The Bertz CT molecular complexity index is 465. The van der Waals surface area contributed by atoms with Crippen LogP contribution in [0.15, 0.2) is 24.3 Å². The summed E-state index contributed by atoms with van der Waals surface area (Å²) in [5, 5.41) is 14.3. The first-order valence-electron chi connectivity index (χ1n) is 5.96. The first-order valence-corrected chi connectivity index (χ1v) is 5.96. The number of rotatable bonds is 4. The number of amides is 1. The Labute approximate surface area is 117 Å². The fourth-order valence-corrected chi connectivity index (χ4v) is 2.06. The second kappa shape index (κ2) is 7.11. The molecule has 1 aromatic rings. The highest BCUT2D eigenvalue weighted by Crippen LogP contribution is 2.16. The average molecular weight is 285 g/mol. The summed E-state index contributed by atoms with van der Waals surface area (Å²) in [4.78, 5) is 22.2. The Kier molecular flexibility index (Phi) is 5.79. The number of carbonyl (C=O) groups is 2. The fourth-order valence-electron chi connectivity index (χ4n) is 2.06. The minimum atomic E-state index is -0.905. The van der Waals surface area contributed by atoms with Crippen molar-refractivity contribution < 1.29 is 14.7 Å². The molecule has 0 bridgehead atoms. The third-order valence-corrected chi connectivity index (χ3v) is 3.04. The molecule has 1 aliphatic heterocycles. The van der Waals surface area contributed by atoms with Crippen molar-refractivity contribution in [2.75, 3.05) is 6.54 Å². The number of aliphatic carboxylic acids is 1. The molecule has 1 heterocycles. The normalized spacial score (nSPS) is 16.9. The number of halogens is 1. The molecule has 0 saturated heterocycles. The molecule has 0 aromatic heterocycles. The van der Waals surface area contributed by atoms with Gasteiger partial charge in [0.1, 0.15) is 0 Å². The molecule has 1 aliphatic rings. The Morgan fingerprint density at radius 3 is 2.68 bits per heavy atom. The molecule has 0 radical (unpaired) electrons. The molecular weight excluding hydrogens is 268 g/mol. The van der Waals surface area contributed by atoms with Crippen molar-refractivity contribution in [2.45, 2.75) is 25.4 Å². The average Bonchev–Trinajstić information content (AvgIpc) is 2.37. The molecule has 0 saturated carbocycles. The summed E-state index contributed by atoms with van der Waals surface area (Å²) in [7, 11) is 0. The number of carbonyl (C=O) groups excluding carboxylic acids is 1. The molecule has 19 heavy (non-hydrogen) atoms. The smallest absolute Gasteiger partial charge is 0.305 e. The van der Waals surface area contributed by atoms with Crippen LogP contribution >= 0.6 is 12.4 Å². The highest BCUT2D eigenvalue weighted by molar-refractivity contribution is 5.85. The van der Waals surface area contributed by atoms with Gasteiger partial charge >= 0.3 is 5.97 Å². The summed E-state index contributed by atoms with van der Waals surface area (Å²) in [5.74, 6) is -1.04. The SMILES string of the molecule is Cl.O=C(O)CCNC(=O)[C@@H]1Cc2ccccc2CN1. The summed E-state index contributed by atoms with van der Waals surface area (Å²) < 4.78 is 0. The minimum absolute atomic E-state index is 0. The van der Waals surface area contributed by atoms with Gasteiger partial charge in [-0.15, -0.1) is 12.4 Å². The highest BCUT2D eigenvalue weighted by Gasteiger charge is 2.23. The third-order valence-electron chi connectivity index (χ3n) is 3.04. The maximum atomic E-state index is 11.8. The molecule has 1 amide bonds. The van der Waals surface area contributed by atoms with Crippen molar-refractivity contribution in [2.24, 2.45) is 0 Å². The van der Waals surface area contributed by atoms with E-state index >= 15 is 0 Å². The Morgan fingerprint density at radius 1 is 1.32 bits per heavy atom. The molecule has 6 heteroatoms. The summed E-state index contributed by atoms with van der Waals surface area (Å²) in [6.07, 6.45) is 0.601. The molecule has 1 atom stereocenters. The zero-order valence-electron chi connectivity index (χ0n) is 10.4. The van der Waals surface area contributed by atoms with E-state index in [2.05, 4.69) is 10.6 Å². The van der Waals surface area contributed by atoms with E-state index in [1.165, 1.54) is 11.1 Å². The molecule has 0 fully saturated rings. The molecule has 1 aromatic carbocycles. The van der Waals surface area contributed by atoms with E-state index in [-0.39, 0.29) is 37.3 Å². The van der Waals surface area contributed by atoms with Gasteiger partial charge in [0.05, 0.1) is 12.5 Å². The van der Waals surface area contributed by atoms with Gasteiger partial charge in [0.15, 0.2) is 0 Å². The van der Waals surface area contributed by atoms with Gasteiger partial charge in [-0.2, -0.15) is 0 Å². The first-order chi connectivity index (χ1) is 8.66. The van der Waals surface area contributed by atoms with Crippen LogP contribution in [0.1, 0.15) is 17.5 Å². The van der Waals surface area contributed by atoms with Gasteiger partial charge in [-0.05, 0) is 17.5 Å². The lowest BCUT2D eigenvalue weighted by molar-refractivity contribution is -0.137. The van der Waals surface area contributed by atoms with Crippen LogP contribution in [-0.4, -0.2) is 29.6 Å². The first kappa shape index (κ1) is 15.5. The third kappa shape index (κ3) is 4.22. The van der Waals surface area contributed by atoms with Gasteiger partial charge in [0.2, 0.25) is 5.91 Å². The van der Waals surface area contributed by atoms with Gasteiger partial charge in [0, 0.05) is 13.1 Å². The molecular formula is C13H17ClN2O3. The Hall–Kier alpha value is -1.59. The maximum absolute atomic E-state index is 11.8. The number of hydrogen-bond donors (Lipinski definition) is 3. The van der Waals surface area contributed by atoms with E-state index < -0.39 is 5.97 Å². The molecule has 3 N–H and O–H groups in total. The lowest BCUT2D eigenvalue weighted by atomic mass is 9.95. The van der Waals surface area contributed by atoms with Crippen LogP contribution in [0.5, 0.6) is 0 Å². The van der Waals surface area contributed by atoms with E-state index in [4.69, 9.17) is 5.11 Å². The van der Waals surface area contributed by atoms with Gasteiger partial charge < -0.3 is 15.7 Å². The van der Waals surface area contributed by atoms with Crippen LogP contribution in [-0.2, 0) is 22.6 Å². The largest absolute Gasteiger partial charge is 0.481 e. The van der Waals surface area contributed by atoms with Gasteiger partial charge in [-0.25, -0.2) is 0 Å². The second-order valence-corrected chi connectivity index (χ2v) is 4.34. The van der Waals surface area contributed by atoms with Crippen molar-refractivity contribution in [3.63, 3.8) is 0 Å².